The number of anilines is 1. The Bertz CT molecular complexity index is 771. The smallest absolute Gasteiger partial charge is 0.264 e. The van der Waals surface area contributed by atoms with E-state index in [2.05, 4.69) is 0 Å². The van der Waals surface area contributed by atoms with Gasteiger partial charge in [-0.2, -0.15) is 0 Å². The fraction of sp³-hybridized carbons (Fsp3) is 0.0625. The summed E-state index contributed by atoms with van der Waals surface area (Å²) in [6.07, 6.45) is 1.79. The summed E-state index contributed by atoms with van der Waals surface area (Å²) in [4.78, 5) is 12.6. The Morgan fingerprint density at radius 2 is 1.89 bits per heavy atom. The van der Waals surface area contributed by atoms with Crippen molar-refractivity contribution in [2.24, 2.45) is 0 Å². The van der Waals surface area contributed by atoms with Crippen LogP contribution >= 0.6 is 0 Å². The van der Waals surface area contributed by atoms with Crippen LogP contribution in [0.5, 0.6) is 0 Å². The van der Waals surface area contributed by atoms with Gasteiger partial charge in [0.25, 0.3) is 5.91 Å². The van der Waals surface area contributed by atoms with Crippen molar-refractivity contribution in [3.8, 4) is 0 Å². The van der Waals surface area contributed by atoms with Gasteiger partial charge in [0, 0.05) is 17.3 Å². The molecule has 19 heavy (non-hydrogen) atoms. The van der Waals surface area contributed by atoms with Crippen LogP contribution in [0.3, 0.4) is 0 Å². The van der Waals surface area contributed by atoms with Gasteiger partial charge in [-0.05, 0) is 31.2 Å². The molecule has 0 fully saturated rings. The van der Waals surface area contributed by atoms with Gasteiger partial charge in [-0.25, -0.2) is 0 Å². The lowest BCUT2D eigenvalue weighted by atomic mass is 10.1. The number of benzene rings is 2. The predicted octanol–water partition coefficient (Wildman–Crippen LogP) is 3.22. The van der Waals surface area contributed by atoms with Gasteiger partial charge in [-0.1, -0.05) is 29.8 Å². The molecule has 0 aliphatic rings. The molecule has 0 spiro atoms. The van der Waals surface area contributed by atoms with Crippen LogP contribution in [0.15, 0.2) is 54.7 Å². The third kappa shape index (κ3) is 1.89. The molecule has 3 rings (SSSR count). The van der Waals surface area contributed by atoms with Crippen molar-refractivity contribution in [3.05, 3.63) is 65.9 Å². The van der Waals surface area contributed by atoms with Crippen molar-refractivity contribution < 1.29 is 4.79 Å². The lowest BCUT2D eigenvalue weighted by Gasteiger charge is -2.08. The molecule has 0 aliphatic heterocycles. The van der Waals surface area contributed by atoms with Crippen molar-refractivity contribution in [1.29, 1.82) is 0 Å². The first-order valence-corrected chi connectivity index (χ1v) is 6.14. The van der Waals surface area contributed by atoms with E-state index in [0.29, 0.717) is 11.3 Å². The molecule has 0 saturated carbocycles. The standard InChI is InChI=1S/C16H14N2O/c1-11-6-7-14(17)13(10-11)16(19)18-9-8-12-4-2-3-5-15(12)18/h2-10H,17H2,1H3. The zero-order valence-corrected chi connectivity index (χ0v) is 10.6. The summed E-state index contributed by atoms with van der Waals surface area (Å²) in [5.74, 6) is -0.0950. The van der Waals surface area contributed by atoms with Crippen molar-refractivity contribution in [2.45, 2.75) is 6.92 Å². The van der Waals surface area contributed by atoms with Crippen molar-refractivity contribution >= 4 is 22.5 Å². The highest BCUT2D eigenvalue weighted by Crippen LogP contribution is 2.20. The summed E-state index contributed by atoms with van der Waals surface area (Å²) in [6.45, 7) is 1.95. The van der Waals surface area contributed by atoms with Gasteiger partial charge >= 0.3 is 0 Å². The predicted molar refractivity (Wildman–Crippen MR) is 77.3 cm³/mol. The maximum absolute atomic E-state index is 12.6. The third-order valence-corrected chi connectivity index (χ3v) is 3.26. The van der Waals surface area contributed by atoms with E-state index in [4.69, 9.17) is 5.73 Å². The van der Waals surface area contributed by atoms with Crippen molar-refractivity contribution in [2.75, 3.05) is 5.73 Å². The van der Waals surface area contributed by atoms with Gasteiger partial charge in [-0.15, -0.1) is 0 Å². The molecule has 3 aromatic rings. The van der Waals surface area contributed by atoms with Gasteiger partial charge in [0.15, 0.2) is 0 Å². The van der Waals surface area contributed by atoms with Crippen molar-refractivity contribution in [1.82, 2.24) is 4.57 Å². The Morgan fingerprint density at radius 1 is 1.11 bits per heavy atom. The Morgan fingerprint density at radius 3 is 2.74 bits per heavy atom. The average molecular weight is 250 g/mol. The van der Waals surface area contributed by atoms with E-state index in [1.165, 1.54) is 0 Å². The van der Waals surface area contributed by atoms with Crippen LogP contribution in [0.1, 0.15) is 15.9 Å². The number of nitrogen functional groups attached to an aromatic ring is 1. The molecule has 94 valence electrons. The maximum Gasteiger partial charge on any atom is 0.264 e. The highest BCUT2D eigenvalue weighted by atomic mass is 16.2. The van der Waals surface area contributed by atoms with Crippen LogP contribution in [-0.2, 0) is 0 Å². The Labute approximate surface area is 111 Å². The molecule has 2 N–H and O–H groups in total. The molecule has 1 aromatic heterocycles. The Balaban J connectivity index is 2.16. The number of para-hydroxylation sites is 1. The normalized spacial score (nSPS) is 10.8. The fourth-order valence-corrected chi connectivity index (χ4v) is 2.25. The molecule has 2 aromatic carbocycles. The summed E-state index contributed by atoms with van der Waals surface area (Å²) < 4.78 is 1.64. The number of carbonyl (C=O) groups excluding carboxylic acids is 1. The van der Waals surface area contributed by atoms with Gasteiger partial charge in [0.05, 0.1) is 11.1 Å². The summed E-state index contributed by atoms with van der Waals surface area (Å²) >= 11 is 0. The lowest BCUT2D eigenvalue weighted by molar-refractivity contribution is 0.0966. The number of aromatic nitrogens is 1. The van der Waals surface area contributed by atoms with E-state index in [-0.39, 0.29) is 5.91 Å². The lowest BCUT2D eigenvalue weighted by Crippen LogP contribution is -2.13. The summed E-state index contributed by atoms with van der Waals surface area (Å²) in [7, 11) is 0. The summed E-state index contributed by atoms with van der Waals surface area (Å²) in [5, 5.41) is 1.04. The molecule has 0 bridgehead atoms. The molecule has 1 heterocycles. The zero-order chi connectivity index (χ0) is 13.4. The van der Waals surface area contributed by atoms with Crippen LogP contribution in [0.4, 0.5) is 5.69 Å². The highest BCUT2D eigenvalue weighted by molar-refractivity contribution is 6.05. The van der Waals surface area contributed by atoms with Crippen LogP contribution < -0.4 is 5.73 Å². The van der Waals surface area contributed by atoms with Crippen LogP contribution in [-0.4, -0.2) is 10.5 Å². The fourth-order valence-electron chi connectivity index (χ4n) is 2.25. The van der Waals surface area contributed by atoms with Gasteiger partial charge in [-0.3, -0.25) is 9.36 Å². The van der Waals surface area contributed by atoms with E-state index >= 15 is 0 Å². The minimum Gasteiger partial charge on any atom is -0.398 e. The Kier molecular flexibility index (Phi) is 2.60. The number of carbonyl (C=O) groups is 1. The van der Waals surface area contributed by atoms with E-state index in [1.807, 2.05) is 49.4 Å². The molecular weight excluding hydrogens is 236 g/mol. The second kappa shape index (κ2) is 4.28. The average Bonchev–Trinajstić information content (AvgIpc) is 2.84. The zero-order valence-electron chi connectivity index (χ0n) is 10.6. The molecule has 3 heteroatoms. The second-order valence-corrected chi connectivity index (χ2v) is 4.64. The first kappa shape index (κ1) is 11.5. The number of nitrogens with two attached hydrogens (primary N) is 1. The number of hydrogen-bond acceptors (Lipinski definition) is 2. The van der Waals surface area contributed by atoms with E-state index in [9.17, 15) is 4.79 Å². The number of nitrogens with zero attached hydrogens (tertiary/aromatic N) is 1. The minimum absolute atomic E-state index is 0.0950. The van der Waals surface area contributed by atoms with Crippen LogP contribution in [0, 0.1) is 6.92 Å². The topological polar surface area (TPSA) is 48.0 Å². The minimum atomic E-state index is -0.0950. The first-order valence-electron chi connectivity index (χ1n) is 6.14. The van der Waals surface area contributed by atoms with Gasteiger partial charge in [0.1, 0.15) is 0 Å². The highest BCUT2D eigenvalue weighted by Gasteiger charge is 2.14. The number of hydrogen-bond donors (Lipinski definition) is 1. The number of rotatable bonds is 1. The Hall–Kier alpha value is -2.55. The second-order valence-electron chi connectivity index (χ2n) is 4.64. The molecule has 0 amide bonds. The van der Waals surface area contributed by atoms with Gasteiger partial charge < -0.3 is 5.73 Å². The number of fused-ring (bicyclic) bond motifs is 1. The van der Waals surface area contributed by atoms with E-state index in [0.717, 1.165) is 16.5 Å². The van der Waals surface area contributed by atoms with Crippen molar-refractivity contribution in [3.63, 3.8) is 0 Å². The maximum atomic E-state index is 12.6. The summed E-state index contributed by atoms with van der Waals surface area (Å²) in [6, 6.07) is 15.2. The summed E-state index contributed by atoms with van der Waals surface area (Å²) in [5.41, 5.74) is 8.88. The molecule has 0 radical (unpaired) electrons. The van der Waals surface area contributed by atoms with Crippen LogP contribution in [0.25, 0.3) is 10.9 Å². The number of aryl methyl sites for hydroxylation is 1. The SMILES string of the molecule is Cc1ccc(N)c(C(=O)n2ccc3ccccc32)c1. The van der Waals surface area contributed by atoms with Gasteiger partial charge in [0.2, 0.25) is 0 Å². The molecule has 0 saturated heterocycles. The monoisotopic (exact) mass is 250 g/mol. The van der Waals surface area contributed by atoms with Crippen LogP contribution in [0.2, 0.25) is 0 Å². The largest absolute Gasteiger partial charge is 0.398 e. The molecule has 0 atom stereocenters. The molecule has 0 unspecified atom stereocenters. The molecular formula is C16H14N2O. The first-order chi connectivity index (χ1) is 9.16. The molecule has 3 nitrogen and oxygen atoms in total. The quantitative estimate of drug-likeness (QED) is 0.674. The molecule has 0 aliphatic carbocycles. The third-order valence-electron chi connectivity index (χ3n) is 3.26. The van der Waals surface area contributed by atoms with E-state index in [1.54, 1.807) is 16.8 Å². The van der Waals surface area contributed by atoms with E-state index < -0.39 is 0 Å².